The third-order valence-electron chi connectivity index (χ3n) is 3.55. The molecule has 1 aromatic rings. The van der Waals surface area contributed by atoms with Crippen molar-refractivity contribution in [2.24, 2.45) is 0 Å². The molecule has 0 amide bonds. The van der Waals surface area contributed by atoms with Crippen molar-refractivity contribution in [3.05, 3.63) is 27.4 Å². The van der Waals surface area contributed by atoms with E-state index in [0.29, 0.717) is 15.0 Å². The molecule has 1 fully saturated rings. The maximum atomic E-state index is 13.9. The molecule has 0 N–H and O–H groups in total. The highest BCUT2D eigenvalue weighted by molar-refractivity contribution is 9.10. The van der Waals surface area contributed by atoms with Crippen molar-refractivity contribution in [2.45, 2.75) is 38.9 Å². The molecule has 18 heavy (non-hydrogen) atoms. The van der Waals surface area contributed by atoms with Crippen LogP contribution in [-0.4, -0.2) is 18.3 Å². The summed E-state index contributed by atoms with van der Waals surface area (Å²) in [5.74, 6) is -0.429. The Bertz CT molecular complexity index is 477. The van der Waals surface area contributed by atoms with Gasteiger partial charge in [0.1, 0.15) is 5.82 Å². The monoisotopic (exact) mass is 334 g/mol. The van der Waals surface area contributed by atoms with Gasteiger partial charge in [-0.05, 0) is 55.8 Å². The first-order valence-corrected chi connectivity index (χ1v) is 6.81. The molecule has 0 aliphatic carbocycles. The van der Waals surface area contributed by atoms with Gasteiger partial charge in [-0.2, -0.15) is 0 Å². The normalized spacial score (nSPS) is 21.4. The zero-order valence-corrected chi connectivity index (χ0v) is 13.0. The van der Waals surface area contributed by atoms with Gasteiger partial charge in [-0.3, -0.25) is 0 Å². The van der Waals surface area contributed by atoms with E-state index in [1.807, 2.05) is 27.7 Å². The Labute approximate surface area is 120 Å². The Hall–Kier alpha value is -0.0951. The highest BCUT2D eigenvalue weighted by Crippen LogP contribution is 2.37. The van der Waals surface area contributed by atoms with E-state index < -0.39 is 24.1 Å². The molecule has 0 aromatic heterocycles. The molecule has 2 nitrogen and oxygen atoms in total. The lowest BCUT2D eigenvalue weighted by Gasteiger charge is -2.32. The standard InChI is InChI=1S/C12H14BBrClFO2/c1-11(2)12(3,4)18-13(17-11)7-5-8(14)9(15)6-10(7)16/h5-6H,1-4H3. The average Bonchev–Trinajstić information content (AvgIpc) is 2.42. The molecule has 1 aliphatic rings. The third kappa shape index (κ3) is 2.33. The number of rotatable bonds is 1. The summed E-state index contributed by atoms with van der Waals surface area (Å²) in [6.07, 6.45) is 0. The molecule has 6 heteroatoms. The maximum absolute atomic E-state index is 13.9. The molecule has 0 radical (unpaired) electrons. The molecule has 0 unspecified atom stereocenters. The largest absolute Gasteiger partial charge is 0.497 e. The van der Waals surface area contributed by atoms with Crippen LogP contribution in [0.25, 0.3) is 0 Å². The lowest BCUT2D eigenvalue weighted by Crippen LogP contribution is -2.41. The average molecular weight is 335 g/mol. The molecule has 1 saturated heterocycles. The summed E-state index contributed by atoms with van der Waals surface area (Å²) in [6.45, 7) is 7.71. The predicted octanol–water partition coefficient (Wildman–Crippen LogP) is 3.54. The molecule has 0 atom stereocenters. The third-order valence-corrected chi connectivity index (χ3v) is 4.74. The van der Waals surface area contributed by atoms with Crippen LogP contribution in [0.2, 0.25) is 5.02 Å². The first-order chi connectivity index (χ1) is 8.14. The fraction of sp³-hybridized carbons (Fsp3) is 0.500. The summed E-state index contributed by atoms with van der Waals surface area (Å²) in [5, 5.41) is 0.327. The van der Waals surface area contributed by atoms with Crippen LogP contribution in [0, 0.1) is 5.82 Å². The van der Waals surface area contributed by atoms with Gasteiger partial charge in [-0.15, -0.1) is 0 Å². The van der Waals surface area contributed by atoms with Crippen molar-refractivity contribution in [1.29, 1.82) is 0 Å². The Morgan fingerprint density at radius 3 is 2.17 bits per heavy atom. The minimum Gasteiger partial charge on any atom is -0.399 e. The second kappa shape index (κ2) is 4.48. The predicted molar refractivity (Wildman–Crippen MR) is 74.8 cm³/mol. The van der Waals surface area contributed by atoms with Gasteiger partial charge in [0, 0.05) is 9.94 Å². The minimum absolute atomic E-state index is 0.327. The van der Waals surface area contributed by atoms with E-state index in [1.54, 1.807) is 6.07 Å². The molecular weight excluding hydrogens is 321 g/mol. The van der Waals surface area contributed by atoms with Gasteiger partial charge in [0.2, 0.25) is 0 Å². The van der Waals surface area contributed by atoms with Crippen molar-refractivity contribution in [2.75, 3.05) is 0 Å². The van der Waals surface area contributed by atoms with E-state index in [4.69, 9.17) is 20.9 Å². The number of halogens is 3. The van der Waals surface area contributed by atoms with Crippen LogP contribution in [0.1, 0.15) is 27.7 Å². The van der Waals surface area contributed by atoms with E-state index in [-0.39, 0.29) is 0 Å². The molecule has 1 aliphatic heterocycles. The van der Waals surface area contributed by atoms with Crippen LogP contribution in [-0.2, 0) is 9.31 Å². The lowest BCUT2D eigenvalue weighted by molar-refractivity contribution is 0.00578. The van der Waals surface area contributed by atoms with E-state index in [1.165, 1.54) is 6.07 Å². The van der Waals surface area contributed by atoms with E-state index in [9.17, 15) is 4.39 Å². The molecule has 1 aromatic carbocycles. The number of benzene rings is 1. The van der Waals surface area contributed by atoms with Gasteiger partial charge in [0.05, 0.1) is 16.2 Å². The fourth-order valence-corrected chi connectivity index (χ4v) is 2.20. The zero-order chi connectivity index (χ0) is 13.7. The van der Waals surface area contributed by atoms with Crippen LogP contribution in [0.5, 0.6) is 0 Å². The summed E-state index contributed by atoms with van der Waals surface area (Å²) in [4.78, 5) is 0. The molecular formula is C12H14BBrClFO2. The lowest BCUT2D eigenvalue weighted by atomic mass is 9.79. The van der Waals surface area contributed by atoms with E-state index >= 15 is 0 Å². The summed E-state index contributed by atoms with van der Waals surface area (Å²) in [6, 6.07) is 2.85. The summed E-state index contributed by atoms with van der Waals surface area (Å²) >= 11 is 9.11. The van der Waals surface area contributed by atoms with E-state index in [0.717, 1.165) is 0 Å². The molecule has 1 heterocycles. The van der Waals surface area contributed by atoms with Crippen molar-refractivity contribution in [1.82, 2.24) is 0 Å². The van der Waals surface area contributed by atoms with Gasteiger partial charge in [0.15, 0.2) is 0 Å². The zero-order valence-electron chi connectivity index (χ0n) is 10.7. The van der Waals surface area contributed by atoms with E-state index in [2.05, 4.69) is 15.9 Å². The van der Waals surface area contributed by atoms with Crippen molar-refractivity contribution in [3.63, 3.8) is 0 Å². The molecule has 98 valence electrons. The van der Waals surface area contributed by atoms with Crippen molar-refractivity contribution >= 4 is 40.1 Å². The molecule has 2 rings (SSSR count). The number of hydrogen-bond donors (Lipinski definition) is 0. The minimum atomic E-state index is -0.719. The smallest absolute Gasteiger partial charge is 0.399 e. The second-order valence-electron chi connectivity index (χ2n) is 5.38. The fourth-order valence-electron chi connectivity index (χ4n) is 1.69. The number of hydrogen-bond acceptors (Lipinski definition) is 2. The van der Waals surface area contributed by atoms with Gasteiger partial charge >= 0.3 is 7.12 Å². The maximum Gasteiger partial charge on any atom is 0.497 e. The van der Waals surface area contributed by atoms with Gasteiger partial charge in [-0.1, -0.05) is 11.6 Å². The first kappa shape index (κ1) is 14.3. The van der Waals surface area contributed by atoms with Crippen molar-refractivity contribution in [3.8, 4) is 0 Å². The highest BCUT2D eigenvalue weighted by Gasteiger charge is 2.52. The topological polar surface area (TPSA) is 18.5 Å². The SMILES string of the molecule is CC1(C)OB(c2cc(Br)c(Cl)cc2F)OC1(C)C. The Morgan fingerprint density at radius 1 is 1.17 bits per heavy atom. The van der Waals surface area contributed by atoms with Gasteiger partial charge in [0.25, 0.3) is 0 Å². The summed E-state index contributed by atoms with van der Waals surface area (Å²) < 4.78 is 26.1. The molecule has 0 spiro atoms. The van der Waals surface area contributed by atoms with Crippen LogP contribution in [0.15, 0.2) is 16.6 Å². The molecule has 0 bridgehead atoms. The Balaban J connectivity index is 2.38. The Kier molecular flexibility index (Phi) is 3.56. The Morgan fingerprint density at radius 2 is 1.67 bits per heavy atom. The quantitative estimate of drug-likeness (QED) is 0.577. The van der Waals surface area contributed by atoms with Crippen LogP contribution in [0.3, 0.4) is 0 Å². The van der Waals surface area contributed by atoms with Gasteiger partial charge < -0.3 is 9.31 Å². The molecule has 0 saturated carbocycles. The summed E-state index contributed by atoms with van der Waals surface area (Å²) in [7, 11) is -0.719. The van der Waals surface area contributed by atoms with Gasteiger partial charge in [-0.25, -0.2) is 4.39 Å². The second-order valence-corrected chi connectivity index (χ2v) is 6.64. The van der Waals surface area contributed by atoms with Crippen molar-refractivity contribution < 1.29 is 13.7 Å². The first-order valence-electron chi connectivity index (χ1n) is 5.64. The van der Waals surface area contributed by atoms with Crippen LogP contribution in [0.4, 0.5) is 4.39 Å². The highest BCUT2D eigenvalue weighted by atomic mass is 79.9. The van der Waals surface area contributed by atoms with Crippen LogP contribution >= 0.6 is 27.5 Å². The van der Waals surface area contributed by atoms with Crippen LogP contribution < -0.4 is 5.46 Å². The summed E-state index contributed by atoms with van der Waals surface area (Å²) in [5.41, 5.74) is -0.628.